The zero-order valence-electron chi connectivity index (χ0n) is 11.8. The first-order valence-electron chi connectivity index (χ1n) is 6.52. The van der Waals surface area contributed by atoms with E-state index in [-0.39, 0.29) is 9.99 Å². The molecule has 0 bridgehead atoms. The average molecular weight is 315 g/mol. The van der Waals surface area contributed by atoms with E-state index in [0.29, 0.717) is 11.4 Å². The smallest absolute Gasteiger partial charge is 0.256 e. The number of hydrogen-bond acceptors (Lipinski definition) is 5. The molecule has 5 nitrogen and oxygen atoms in total. The molecule has 0 atom stereocenters. The number of benzene rings is 2. The van der Waals surface area contributed by atoms with Crippen molar-refractivity contribution >= 4 is 9.84 Å². The summed E-state index contributed by atoms with van der Waals surface area (Å²) in [6, 6.07) is 16.7. The third kappa shape index (κ3) is 2.60. The van der Waals surface area contributed by atoms with Gasteiger partial charge in [0, 0.05) is 11.6 Å². The maximum absolute atomic E-state index is 12.4. The molecule has 1 heterocycles. The maximum atomic E-state index is 12.4. The predicted octanol–water partition coefficient (Wildman–Crippen LogP) is 3.18. The van der Waals surface area contributed by atoms with E-state index in [1.165, 1.54) is 18.2 Å². The predicted molar refractivity (Wildman–Crippen MR) is 80.4 cm³/mol. The van der Waals surface area contributed by atoms with Crippen LogP contribution in [-0.4, -0.2) is 20.7 Å². The van der Waals surface area contributed by atoms with Crippen LogP contribution in [0.2, 0.25) is 0 Å². The first-order valence-corrected chi connectivity index (χ1v) is 8.01. The molecule has 0 aliphatic heterocycles. The van der Waals surface area contributed by atoms with E-state index < -0.39 is 9.84 Å². The minimum Gasteiger partial charge on any atom is -0.497 e. The Morgan fingerprint density at radius 1 is 1.00 bits per heavy atom. The minimum absolute atomic E-state index is 0.174. The topological polar surface area (TPSA) is 69.4 Å². The van der Waals surface area contributed by atoms with Gasteiger partial charge in [0.2, 0.25) is 9.84 Å². The maximum Gasteiger partial charge on any atom is 0.256 e. The summed E-state index contributed by atoms with van der Waals surface area (Å²) in [5.41, 5.74) is 1.20. The lowest BCUT2D eigenvalue weighted by Gasteiger charge is -1.99. The fourth-order valence-electron chi connectivity index (χ4n) is 2.00. The van der Waals surface area contributed by atoms with Gasteiger partial charge in [0.15, 0.2) is 0 Å². The van der Waals surface area contributed by atoms with E-state index in [1.54, 1.807) is 49.6 Å². The highest BCUT2D eigenvalue weighted by molar-refractivity contribution is 7.91. The lowest BCUT2D eigenvalue weighted by atomic mass is 10.1. The molecule has 22 heavy (non-hydrogen) atoms. The standard InChI is InChI=1S/C16H13NO4S/c1-20-13-9-7-12(8-10-13)15-11-16(21-17-15)22(18,19)14-5-3-2-4-6-14/h2-11H,1H3. The lowest BCUT2D eigenvalue weighted by molar-refractivity contribution is 0.340. The summed E-state index contributed by atoms with van der Waals surface area (Å²) in [6.45, 7) is 0. The molecular formula is C16H13NO4S. The van der Waals surface area contributed by atoms with E-state index in [2.05, 4.69) is 5.16 Å². The van der Waals surface area contributed by atoms with Gasteiger partial charge < -0.3 is 9.26 Å². The minimum atomic E-state index is -3.69. The molecule has 1 aromatic heterocycles. The molecule has 3 rings (SSSR count). The first kappa shape index (κ1) is 14.3. The Bertz CT molecular complexity index is 868. The van der Waals surface area contributed by atoms with Crippen molar-refractivity contribution in [3.05, 3.63) is 60.7 Å². The van der Waals surface area contributed by atoms with Crippen LogP contribution in [0.4, 0.5) is 0 Å². The van der Waals surface area contributed by atoms with Crippen LogP contribution >= 0.6 is 0 Å². The molecule has 0 radical (unpaired) electrons. The van der Waals surface area contributed by atoms with Crippen LogP contribution in [0.5, 0.6) is 5.75 Å². The Balaban J connectivity index is 1.96. The Morgan fingerprint density at radius 3 is 2.32 bits per heavy atom. The Hall–Kier alpha value is -2.60. The molecule has 0 unspecified atom stereocenters. The highest BCUT2D eigenvalue weighted by Gasteiger charge is 2.23. The third-order valence-electron chi connectivity index (χ3n) is 3.19. The molecule has 0 aliphatic carbocycles. The summed E-state index contributed by atoms with van der Waals surface area (Å²) in [6.07, 6.45) is 0. The van der Waals surface area contributed by atoms with Crippen molar-refractivity contribution in [1.29, 1.82) is 0 Å². The number of rotatable bonds is 4. The van der Waals surface area contributed by atoms with Crippen molar-refractivity contribution in [2.75, 3.05) is 7.11 Å². The van der Waals surface area contributed by atoms with Gasteiger partial charge in [0.25, 0.3) is 5.09 Å². The normalized spacial score (nSPS) is 11.3. The van der Waals surface area contributed by atoms with Gasteiger partial charge >= 0.3 is 0 Å². The van der Waals surface area contributed by atoms with Crippen LogP contribution in [-0.2, 0) is 9.84 Å². The zero-order valence-corrected chi connectivity index (χ0v) is 12.6. The van der Waals surface area contributed by atoms with Gasteiger partial charge in [-0.2, -0.15) is 0 Å². The summed E-state index contributed by atoms with van der Waals surface area (Å²) < 4.78 is 35.0. The van der Waals surface area contributed by atoms with E-state index in [0.717, 1.165) is 5.56 Å². The van der Waals surface area contributed by atoms with Gasteiger partial charge in [0.1, 0.15) is 11.4 Å². The van der Waals surface area contributed by atoms with Crippen molar-refractivity contribution in [3.63, 3.8) is 0 Å². The van der Waals surface area contributed by atoms with Crippen LogP contribution in [0, 0.1) is 0 Å². The largest absolute Gasteiger partial charge is 0.497 e. The number of aromatic nitrogens is 1. The van der Waals surface area contributed by atoms with Crippen LogP contribution in [0.1, 0.15) is 0 Å². The quantitative estimate of drug-likeness (QED) is 0.739. The molecule has 112 valence electrons. The molecule has 0 fully saturated rings. The van der Waals surface area contributed by atoms with Gasteiger partial charge in [-0.15, -0.1) is 0 Å². The lowest BCUT2D eigenvalue weighted by Crippen LogP contribution is -1.99. The number of methoxy groups -OCH3 is 1. The number of hydrogen-bond donors (Lipinski definition) is 0. The summed E-state index contributed by atoms with van der Waals surface area (Å²) in [5.74, 6) is 0.712. The van der Waals surface area contributed by atoms with Crippen molar-refractivity contribution < 1.29 is 17.7 Å². The van der Waals surface area contributed by atoms with Crippen LogP contribution < -0.4 is 4.74 Å². The van der Waals surface area contributed by atoms with Gasteiger partial charge in [-0.25, -0.2) is 8.42 Å². The number of ether oxygens (including phenoxy) is 1. The van der Waals surface area contributed by atoms with Crippen LogP contribution in [0.15, 0.2) is 75.2 Å². The molecule has 0 aliphatic rings. The van der Waals surface area contributed by atoms with Crippen LogP contribution in [0.3, 0.4) is 0 Å². The molecule has 0 N–H and O–H groups in total. The van der Waals surface area contributed by atoms with Crippen LogP contribution in [0.25, 0.3) is 11.3 Å². The first-order chi connectivity index (χ1) is 10.6. The van der Waals surface area contributed by atoms with E-state index in [9.17, 15) is 8.42 Å². The second-order valence-electron chi connectivity index (χ2n) is 4.58. The second kappa shape index (κ2) is 5.65. The fourth-order valence-corrected chi connectivity index (χ4v) is 3.15. The van der Waals surface area contributed by atoms with Gasteiger partial charge in [0.05, 0.1) is 12.0 Å². The monoisotopic (exact) mass is 315 g/mol. The summed E-state index contributed by atoms with van der Waals surface area (Å²) >= 11 is 0. The van der Waals surface area contributed by atoms with E-state index in [1.807, 2.05) is 0 Å². The Labute approximate surface area is 128 Å². The molecular weight excluding hydrogens is 302 g/mol. The molecule has 0 spiro atoms. The fraction of sp³-hybridized carbons (Fsp3) is 0.0625. The van der Waals surface area contributed by atoms with Crippen molar-refractivity contribution in [2.24, 2.45) is 0 Å². The third-order valence-corrected chi connectivity index (χ3v) is 4.81. The Kier molecular flexibility index (Phi) is 3.68. The average Bonchev–Trinajstić information content (AvgIpc) is 3.06. The van der Waals surface area contributed by atoms with Gasteiger partial charge in [-0.3, -0.25) is 0 Å². The highest BCUT2D eigenvalue weighted by atomic mass is 32.2. The SMILES string of the molecule is COc1ccc(-c2cc(S(=O)(=O)c3ccccc3)on2)cc1. The molecule has 0 saturated carbocycles. The number of nitrogens with zero attached hydrogens (tertiary/aromatic N) is 1. The van der Waals surface area contributed by atoms with E-state index >= 15 is 0 Å². The Morgan fingerprint density at radius 2 is 1.68 bits per heavy atom. The highest BCUT2D eigenvalue weighted by Crippen LogP contribution is 2.27. The second-order valence-corrected chi connectivity index (χ2v) is 6.46. The molecule has 6 heteroatoms. The summed E-state index contributed by atoms with van der Waals surface area (Å²) in [7, 11) is -2.11. The van der Waals surface area contributed by atoms with Crippen molar-refractivity contribution in [2.45, 2.75) is 9.99 Å². The van der Waals surface area contributed by atoms with Crippen molar-refractivity contribution in [1.82, 2.24) is 5.16 Å². The van der Waals surface area contributed by atoms with Gasteiger partial charge in [-0.1, -0.05) is 23.4 Å². The zero-order chi connectivity index (χ0) is 15.6. The number of sulfone groups is 1. The summed E-state index contributed by atoms with van der Waals surface area (Å²) in [5, 5.41) is 3.66. The molecule has 3 aromatic rings. The molecule has 0 saturated heterocycles. The van der Waals surface area contributed by atoms with E-state index in [4.69, 9.17) is 9.26 Å². The van der Waals surface area contributed by atoms with Crippen molar-refractivity contribution in [3.8, 4) is 17.0 Å². The summed E-state index contributed by atoms with van der Waals surface area (Å²) in [4.78, 5) is 0.174. The molecule has 0 amide bonds. The van der Waals surface area contributed by atoms with Gasteiger partial charge in [-0.05, 0) is 36.4 Å². The molecule has 2 aromatic carbocycles.